The van der Waals surface area contributed by atoms with E-state index < -0.39 is 0 Å². The third-order valence-corrected chi connectivity index (χ3v) is 5.60. The number of halogens is 4. The fourth-order valence-corrected chi connectivity index (χ4v) is 3.93. The molecule has 0 spiro atoms. The molecule has 5 nitrogen and oxygen atoms in total. The summed E-state index contributed by atoms with van der Waals surface area (Å²) in [6.45, 7) is 9.95. The summed E-state index contributed by atoms with van der Waals surface area (Å²) in [4.78, 5) is 17.3. The predicted molar refractivity (Wildman–Crippen MR) is 125 cm³/mol. The fourth-order valence-electron chi connectivity index (χ4n) is 3.93. The zero-order valence-corrected chi connectivity index (χ0v) is 19.6. The second kappa shape index (κ2) is 13.5. The first kappa shape index (κ1) is 28.2. The van der Waals surface area contributed by atoms with Gasteiger partial charge >= 0.3 is 0 Å². The molecule has 2 aliphatic rings. The Morgan fingerprint density at radius 2 is 1.90 bits per heavy atom. The normalized spacial score (nSPS) is 20.5. The first-order chi connectivity index (χ1) is 12.6. The van der Waals surface area contributed by atoms with Crippen LogP contribution in [0.4, 0.5) is 10.1 Å². The van der Waals surface area contributed by atoms with Gasteiger partial charge in [0.25, 0.3) is 0 Å². The summed E-state index contributed by atoms with van der Waals surface area (Å²) in [5.74, 6) is -0.240. The molecule has 3 rings (SSSR count). The van der Waals surface area contributed by atoms with Gasteiger partial charge in [-0.2, -0.15) is 0 Å². The number of piperazine rings is 1. The summed E-state index contributed by atoms with van der Waals surface area (Å²) >= 11 is 0. The lowest BCUT2D eigenvalue weighted by atomic mass is 10.0. The fraction of sp³-hybridized carbons (Fsp3) is 0.650. The summed E-state index contributed by atoms with van der Waals surface area (Å²) < 4.78 is 13.9. The second-order valence-corrected chi connectivity index (χ2v) is 7.36. The van der Waals surface area contributed by atoms with Gasteiger partial charge in [-0.3, -0.25) is 4.79 Å². The van der Waals surface area contributed by atoms with E-state index in [1.807, 2.05) is 13.0 Å². The number of rotatable bonds is 5. The van der Waals surface area contributed by atoms with Crippen LogP contribution in [-0.2, 0) is 4.79 Å². The van der Waals surface area contributed by atoms with Crippen molar-refractivity contribution < 1.29 is 9.18 Å². The quantitative estimate of drug-likeness (QED) is 0.689. The predicted octanol–water partition coefficient (Wildman–Crippen LogP) is 3.55. The van der Waals surface area contributed by atoms with Crippen molar-refractivity contribution in [2.75, 3.05) is 44.2 Å². The van der Waals surface area contributed by atoms with Crippen molar-refractivity contribution in [2.45, 2.75) is 45.2 Å². The number of carbonyl (C=O) groups is 1. The minimum Gasteiger partial charge on any atom is -0.369 e. The van der Waals surface area contributed by atoms with Crippen LogP contribution in [0.25, 0.3) is 0 Å². The van der Waals surface area contributed by atoms with Gasteiger partial charge in [0.15, 0.2) is 0 Å². The maximum Gasteiger partial charge on any atom is 0.237 e. The van der Waals surface area contributed by atoms with Crippen LogP contribution in [0.15, 0.2) is 18.2 Å². The maximum atomic E-state index is 13.9. The van der Waals surface area contributed by atoms with Gasteiger partial charge in [0.1, 0.15) is 5.82 Å². The highest BCUT2D eigenvalue weighted by molar-refractivity contribution is 5.86. The van der Waals surface area contributed by atoms with Crippen LogP contribution in [0.3, 0.4) is 0 Å². The number of nitrogens with zero attached hydrogens (tertiary/aromatic N) is 2. The minimum absolute atomic E-state index is 0. The topological polar surface area (TPSA) is 47.6 Å². The number of hydrogen-bond acceptors (Lipinski definition) is 4. The SMILES string of the molecule is CCN1CCN(c2ccc(F)cc2C(C)NC(=O)[C@H]2CCCCN2)CC1.Cl.Cl.Cl. The molecule has 1 aromatic rings. The minimum atomic E-state index is -0.257. The highest BCUT2D eigenvalue weighted by atomic mass is 35.5. The van der Waals surface area contributed by atoms with Crippen LogP contribution < -0.4 is 15.5 Å². The van der Waals surface area contributed by atoms with Crippen molar-refractivity contribution in [3.8, 4) is 0 Å². The van der Waals surface area contributed by atoms with E-state index in [1.54, 1.807) is 6.07 Å². The van der Waals surface area contributed by atoms with Gasteiger partial charge in [-0.15, -0.1) is 37.2 Å². The summed E-state index contributed by atoms with van der Waals surface area (Å²) in [5.41, 5.74) is 1.89. The number of benzene rings is 1. The van der Waals surface area contributed by atoms with Crippen LogP contribution in [0.2, 0.25) is 0 Å². The Bertz CT molecular complexity index is 624. The van der Waals surface area contributed by atoms with E-state index in [9.17, 15) is 9.18 Å². The largest absolute Gasteiger partial charge is 0.369 e. The Morgan fingerprint density at radius 3 is 2.48 bits per heavy atom. The number of piperidine rings is 1. The van der Waals surface area contributed by atoms with Crippen molar-refractivity contribution >= 4 is 48.8 Å². The highest BCUT2D eigenvalue weighted by Gasteiger charge is 2.25. The molecule has 0 radical (unpaired) electrons. The van der Waals surface area contributed by atoms with Gasteiger partial charge in [0, 0.05) is 37.4 Å². The average Bonchev–Trinajstić information content (AvgIpc) is 2.68. The molecule has 9 heteroatoms. The van der Waals surface area contributed by atoms with Gasteiger partial charge in [0.05, 0.1) is 12.1 Å². The lowest BCUT2D eigenvalue weighted by molar-refractivity contribution is -0.124. The Hall–Kier alpha value is -0.790. The van der Waals surface area contributed by atoms with Gasteiger partial charge in [0.2, 0.25) is 5.91 Å². The van der Waals surface area contributed by atoms with E-state index in [2.05, 4.69) is 27.4 Å². The van der Waals surface area contributed by atoms with Crippen molar-refractivity contribution in [3.63, 3.8) is 0 Å². The number of amides is 1. The Balaban J connectivity index is 0.00000261. The van der Waals surface area contributed by atoms with E-state index in [0.29, 0.717) is 0 Å². The smallest absolute Gasteiger partial charge is 0.237 e. The number of likely N-dealkylation sites (N-methyl/N-ethyl adjacent to an activating group) is 1. The van der Waals surface area contributed by atoms with Gasteiger partial charge in [-0.1, -0.05) is 13.3 Å². The standard InChI is InChI=1S/C20H31FN4O.3ClH/c1-3-24-10-12-25(13-11-24)19-8-7-16(21)14-17(19)15(2)23-20(26)18-6-4-5-9-22-18;;;/h7-8,14-15,18,22H,3-6,9-13H2,1-2H3,(H,23,26);3*1H/t15?,18-;;;/m1.../s1. The van der Waals surface area contributed by atoms with Gasteiger partial charge in [-0.25, -0.2) is 4.39 Å². The molecule has 2 aliphatic heterocycles. The maximum absolute atomic E-state index is 13.9. The first-order valence-electron chi connectivity index (χ1n) is 9.89. The number of hydrogen-bond donors (Lipinski definition) is 2. The first-order valence-corrected chi connectivity index (χ1v) is 9.89. The molecule has 0 saturated carbocycles. The summed E-state index contributed by atoms with van der Waals surface area (Å²) in [6.07, 6.45) is 3.07. The second-order valence-electron chi connectivity index (χ2n) is 7.36. The van der Waals surface area contributed by atoms with Gasteiger partial charge in [-0.05, 0) is 51.1 Å². The number of anilines is 1. The zero-order chi connectivity index (χ0) is 18.5. The van der Waals surface area contributed by atoms with Crippen LogP contribution in [0.1, 0.15) is 44.7 Å². The van der Waals surface area contributed by atoms with E-state index in [-0.39, 0.29) is 61.0 Å². The van der Waals surface area contributed by atoms with E-state index in [0.717, 1.165) is 69.8 Å². The molecule has 1 aromatic carbocycles. The molecule has 2 heterocycles. The van der Waals surface area contributed by atoms with Crippen LogP contribution in [0.5, 0.6) is 0 Å². The Morgan fingerprint density at radius 1 is 1.21 bits per heavy atom. The van der Waals surface area contributed by atoms with Crippen molar-refractivity contribution in [1.82, 2.24) is 15.5 Å². The number of carbonyl (C=O) groups excluding carboxylic acids is 1. The molecule has 2 fully saturated rings. The average molecular weight is 472 g/mol. The van der Waals surface area contributed by atoms with E-state index in [1.165, 1.54) is 6.07 Å². The monoisotopic (exact) mass is 470 g/mol. The van der Waals surface area contributed by atoms with Crippen LogP contribution >= 0.6 is 37.2 Å². The number of nitrogens with one attached hydrogen (secondary N) is 2. The van der Waals surface area contributed by atoms with Crippen LogP contribution in [0, 0.1) is 5.82 Å². The molecular formula is C20H34Cl3FN4O. The van der Waals surface area contributed by atoms with Crippen LogP contribution in [-0.4, -0.2) is 56.1 Å². The van der Waals surface area contributed by atoms with Crippen molar-refractivity contribution in [2.24, 2.45) is 0 Å². The summed E-state index contributed by atoms with van der Waals surface area (Å²) in [6, 6.07) is 4.59. The third-order valence-electron chi connectivity index (χ3n) is 5.60. The molecule has 0 bridgehead atoms. The summed E-state index contributed by atoms with van der Waals surface area (Å²) in [7, 11) is 0. The molecule has 0 aromatic heterocycles. The zero-order valence-electron chi connectivity index (χ0n) is 17.2. The lowest BCUT2D eigenvalue weighted by Gasteiger charge is -2.37. The molecular weight excluding hydrogens is 438 g/mol. The molecule has 2 atom stereocenters. The van der Waals surface area contributed by atoms with Crippen molar-refractivity contribution in [3.05, 3.63) is 29.6 Å². The van der Waals surface area contributed by atoms with Gasteiger partial charge < -0.3 is 20.4 Å². The summed E-state index contributed by atoms with van der Waals surface area (Å²) in [5, 5.41) is 6.36. The molecule has 0 aliphatic carbocycles. The molecule has 1 amide bonds. The highest BCUT2D eigenvalue weighted by Crippen LogP contribution is 2.28. The Labute approximate surface area is 192 Å². The van der Waals surface area contributed by atoms with E-state index in [4.69, 9.17) is 0 Å². The molecule has 2 saturated heterocycles. The van der Waals surface area contributed by atoms with Crippen molar-refractivity contribution in [1.29, 1.82) is 0 Å². The molecule has 29 heavy (non-hydrogen) atoms. The van der Waals surface area contributed by atoms with E-state index >= 15 is 0 Å². The molecule has 168 valence electrons. The third kappa shape index (κ3) is 7.44. The molecule has 2 N–H and O–H groups in total. The molecule has 1 unspecified atom stereocenters. The lowest BCUT2D eigenvalue weighted by Crippen LogP contribution is -2.48. The Kier molecular flexibility index (Phi) is 13.1.